The van der Waals surface area contributed by atoms with Crippen LogP contribution in [0, 0.1) is 0 Å². The zero-order chi connectivity index (χ0) is 21.5. The molecule has 2 atom stereocenters. The van der Waals surface area contributed by atoms with Gasteiger partial charge in [0.15, 0.2) is 11.8 Å². The second-order valence-corrected chi connectivity index (χ2v) is 7.65. The van der Waals surface area contributed by atoms with E-state index in [9.17, 15) is 0 Å². The van der Waals surface area contributed by atoms with Crippen LogP contribution in [0.15, 0.2) is 29.3 Å². The molecule has 2 aromatic rings. The van der Waals surface area contributed by atoms with E-state index < -0.39 is 0 Å². The summed E-state index contributed by atoms with van der Waals surface area (Å²) in [4.78, 5) is 11.1. The van der Waals surface area contributed by atoms with Gasteiger partial charge in [-0.15, -0.1) is 24.0 Å². The van der Waals surface area contributed by atoms with Crippen LogP contribution in [0.1, 0.15) is 29.7 Å². The zero-order valence-corrected chi connectivity index (χ0v) is 21.3. The third-order valence-electron chi connectivity index (χ3n) is 5.30. The van der Waals surface area contributed by atoms with E-state index in [4.69, 9.17) is 9.47 Å². The normalized spacial score (nSPS) is 17.0. The van der Waals surface area contributed by atoms with Gasteiger partial charge in [0.05, 0.1) is 19.7 Å². The standard InChI is InChI=1S/C21H33N7O2.HI/c1-22-21(23-12-18(27(2)3)15-7-6-8-17(11-15)30-5)24-16-9-10-20-25-19(14-29-4)26-28(20)13-16;/h6-8,11,16,18H,9-10,12-14H2,1-5H3,(H2,22,23,24);1H. The Morgan fingerprint density at radius 2 is 2.16 bits per heavy atom. The highest BCUT2D eigenvalue weighted by Gasteiger charge is 2.23. The van der Waals surface area contributed by atoms with Crippen molar-refractivity contribution < 1.29 is 9.47 Å². The van der Waals surface area contributed by atoms with E-state index in [1.165, 1.54) is 5.56 Å². The first-order valence-electron chi connectivity index (χ1n) is 10.2. The van der Waals surface area contributed by atoms with Crippen molar-refractivity contribution in [2.75, 3.05) is 41.9 Å². The number of likely N-dealkylation sites (N-methyl/N-ethyl adjacent to an activating group) is 1. The molecular formula is C21H34IN7O2. The number of aliphatic imine (C=N–C) groups is 1. The fourth-order valence-electron chi connectivity index (χ4n) is 3.70. The summed E-state index contributed by atoms with van der Waals surface area (Å²) in [6.07, 6.45) is 1.87. The number of aryl methyl sites for hydroxylation is 1. The molecule has 1 aromatic heterocycles. The molecule has 0 saturated heterocycles. The van der Waals surface area contributed by atoms with E-state index in [0.29, 0.717) is 6.61 Å². The average Bonchev–Trinajstić information content (AvgIpc) is 3.15. The van der Waals surface area contributed by atoms with Crippen LogP contribution in [0.25, 0.3) is 0 Å². The number of rotatable bonds is 8. The van der Waals surface area contributed by atoms with Gasteiger partial charge in [0, 0.05) is 33.2 Å². The van der Waals surface area contributed by atoms with E-state index in [0.717, 1.165) is 49.3 Å². The molecule has 0 radical (unpaired) electrons. The van der Waals surface area contributed by atoms with Crippen LogP contribution < -0.4 is 15.4 Å². The maximum atomic E-state index is 5.38. The van der Waals surface area contributed by atoms with Gasteiger partial charge in [-0.2, -0.15) is 5.10 Å². The number of benzene rings is 1. The molecule has 0 spiro atoms. The van der Waals surface area contributed by atoms with Crippen molar-refractivity contribution in [2.45, 2.75) is 38.1 Å². The van der Waals surface area contributed by atoms with E-state index in [1.807, 2.05) is 16.8 Å². The molecule has 1 aliphatic rings. The predicted molar refractivity (Wildman–Crippen MR) is 132 cm³/mol. The van der Waals surface area contributed by atoms with Crippen LogP contribution in [0.2, 0.25) is 0 Å². The monoisotopic (exact) mass is 543 g/mol. The highest BCUT2D eigenvalue weighted by molar-refractivity contribution is 14.0. The van der Waals surface area contributed by atoms with Crippen LogP contribution in [-0.4, -0.2) is 73.6 Å². The van der Waals surface area contributed by atoms with Gasteiger partial charge in [0.25, 0.3) is 0 Å². The molecule has 2 unspecified atom stereocenters. The summed E-state index contributed by atoms with van der Waals surface area (Å²) in [7, 11) is 9.30. The number of nitrogens with one attached hydrogen (secondary N) is 2. The lowest BCUT2D eigenvalue weighted by Crippen LogP contribution is -2.48. The molecular weight excluding hydrogens is 509 g/mol. The molecule has 3 rings (SSSR count). The Morgan fingerprint density at radius 1 is 1.35 bits per heavy atom. The number of hydrogen-bond acceptors (Lipinski definition) is 6. The SMILES string of the molecule is CN=C(NCC(c1cccc(OC)c1)N(C)C)NC1CCc2nc(COC)nn2C1.I. The van der Waals surface area contributed by atoms with Gasteiger partial charge in [0.2, 0.25) is 0 Å². The summed E-state index contributed by atoms with van der Waals surface area (Å²) in [6.45, 7) is 1.93. The van der Waals surface area contributed by atoms with Crippen molar-refractivity contribution >= 4 is 29.9 Å². The Balaban J connectivity index is 0.00000341. The summed E-state index contributed by atoms with van der Waals surface area (Å²) in [5, 5.41) is 11.5. The third kappa shape index (κ3) is 6.78. The number of nitrogens with zero attached hydrogens (tertiary/aromatic N) is 5. The molecule has 2 heterocycles. The minimum atomic E-state index is 0. The quantitative estimate of drug-likeness (QED) is 0.299. The van der Waals surface area contributed by atoms with E-state index in [-0.39, 0.29) is 36.1 Å². The lowest BCUT2D eigenvalue weighted by Gasteiger charge is -2.28. The van der Waals surface area contributed by atoms with Crippen molar-refractivity contribution in [3.8, 4) is 5.75 Å². The molecule has 9 nitrogen and oxygen atoms in total. The van der Waals surface area contributed by atoms with Crippen LogP contribution >= 0.6 is 24.0 Å². The molecule has 0 aliphatic carbocycles. The second-order valence-electron chi connectivity index (χ2n) is 7.65. The van der Waals surface area contributed by atoms with Crippen LogP contribution in [0.5, 0.6) is 5.75 Å². The smallest absolute Gasteiger partial charge is 0.191 e. The summed E-state index contributed by atoms with van der Waals surface area (Å²) in [5.74, 6) is 3.41. The number of ether oxygens (including phenoxy) is 2. The number of hydrogen-bond donors (Lipinski definition) is 2. The lowest BCUT2D eigenvalue weighted by molar-refractivity contribution is 0.177. The Labute approximate surface area is 201 Å². The molecule has 2 N–H and O–H groups in total. The fourth-order valence-corrected chi connectivity index (χ4v) is 3.70. The van der Waals surface area contributed by atoms with Crippen LogP contribution in [0.4, 0.5) is 0 Å². The molecule has 172 valence electrons. The zero-order valence-electron chi connectivity index (χ0n) is 19.0. The van der Waals surface area contributed by atoms with Crippen LogP contribution in [0.3, 0.4) is 0 Å². The van der Waals surface area contributed by atoms with E-state index in [1.54, 1.807) is 21.3 Å². The number of aromatic nitrogens is 3. The third-order valence-corrected chi connectivity index (χ3v) is 5.30. The molecule has 1 aliphatic heterocycles. The lowest BCUT2D eigenvalue weighted by atomic mass is 10.1. The minimum Gasteiger partial charge on any atom is -0.497 e. The topological polar surface area (TPSA) is 88.8 Å². The Morgan fingerprint density at radius 3 is 2.84 bits per heavy atom. The van der Waals surface area contributed by atoms with Crippen molar-refractivity contribution in [3.63, 3.8) is 0 Å². The molecule has 1 aromatic carbocycles. The summed E-state index contributed by atoms with van der Waals surface area (Å²) in [6, 6.07) is 8.61. The maximum Gasteiger partial charge on any atom is 0.191 e. The summed E-state index contributed by atoms with van der Waals surface area (Å²) >= 11 is 0. The summed E-state index contributed by atoms with van der Waals surface area (Å²) in [5.41, 5.74) is 1.19. The average molecular weight is 543 g/mol. The summed E-state index contributed by atoms with van der Waals surface area (Å²) < 4.78 is 12.5. The second kappa shape index (κ2) is 12.2. The Kier molecular flexibility index (Phi) is 9.97. The number of fused-ring (bicyclic) bond motifs is 1. The highest BCUT2D eigenvalue weighted by atomic mass is 127. The highest BCUT2D eigenvalue weighted by Crippen LogP contribution is 2.22. The Bertz CT molecular complexity index is 856. The van der Waals surface area contributed by atoms with Gasteiger partial charge in [-0.05, 0) is 38.2 Å². The number of methoxy groups -OCH3 is 2. The van der Waals surface area contributed by atoms with Crippen LogP contribution in [-0.2, 0) is 24.3 Å². The molecule has 0 bridgehead atoms. The predicted octanol–water partition coefficient (Wildman–Crippen LogP) is 1.83. The minimum absolute atomic E-state index is 0. The molecule has 0 amide bonds. The van der Waals surface area contributed by atoms with Gasteiger partial charge in [-0.25, -0.2) is 9.67 Å². The first-order valence-corrected chi connectivity index (χ1v) is 10.2. The van der Waals surface area contributed by atoms with Crippen molar-refractivity contribution in [2.24, 2.45) is 4.99 Å². The molecule has 10 heteroatoms. The van der Waals surface area contributed by atoms with E-state index >= 15 is 0 Å². The number of halogens is 1. The van der Waals surface area contributed by atoms with Crippen molar-refractivity contribution in [3.05, 3.63) is 41.5 Å². The molecule has 0 saturated carbocycles. The molecule has 31 heavy (non-hydrogen) atoms. The van der Waals surface area contributed by atoms with Gasteiger partial charge >= 0.3 is 0 Å². The largest absolute Gasteiger partial charge is 0.497 e. The maximum absolute atomic E-state index is 5.38. The Hall–Kier alpha value is -1.92. The van der Waals surface area contributed by atoms with Gasteiger partial charge in [0.1, 0.15) is 18.2 Å². The van der Waals surface area contributed by atoms with Gasteiger partial charge in [-0.1, -0.05) is 12.1 Å². The first kappa shape index (κ1) is 25.3. The van der Waals surface area contributed by atoms with E-state index in [2.05, 4.69) is 56.8 Å². The van der Waals surface area contributed by atoms with Gasteiger partial charge in [-0.3, -0.25) is 4.99 Å². The van der Waals surface area contributed by atoms with Gasteiger partial charge < -0.3 is 25.0 Å². The van der Waals surface area contributed by atoms with Crippen molar-refractivity contribution in [1.82, 2.24) is 30.3 Å². The molecule has 0 fully saturated rings. The number of guanidine groups is 1. The van der Waals surface area contributed by atoms with Crippen molar-refractivity contribution in [1.29, 1.82) is 0 Å². The first-order chi connectivity index (χ1) is 14.5. The fraction of sp³-hybridized carbons (Fsp3) is 0.571.